The van der Waals surface area contributed by atoms with E-state index in [9.17, 15) is 25.0 Å². The van der Waals surface area contributed by atoms with Crippen molar-refractivity contribution >= 4 is 46.7 Å². The molecule has 1 amide bonds. The van der Waals surface area contributed by atoms with Crippen LogP contribution in [0, 0.1) is 20.2 Å². The van der Waals surface area contributed by atoms with Gasteiger partial charge in [-0.1, -0.05) is 29.3 Å². The first kappa shape index (κ1) is 18.3. The third-order valence-corrected chi connectivity index (χ3v) is 3.48. The van der Waals surface area contributed by atoms with Crippen molar-refractivity contribution in [3.8, 4) is 0 Å². The van der Waals surface area contributed by atoms with Gasteiger partial charge in [-0.15, -0.1) is 0 Å². The second-order valence-corrected chi connectivity index (χ2v) is 5.46. The summed E-state index contributed by atoms with van der Waals surface area (Å²) in [5.74, 6) is -0.854. The Hall–Kier alpha value is -3.04. The first-order valence-corrected chi connectivity index (χ1v) is 7.26. The van der Waals surface area contributed by atoms with Gasteiger partial charge in [0.15, 0.2) is 0 Å². The van der Waals surface area contributed by atoms with Gasteiger partial charge in [-0.25, -0.2) is 5.43 Å². The molecule has 0 heterocycles. The summed E-state index contributed by atoms with van der Waals surface area (Å²) in [4.78, 5) is 32.0. The van der Waals surface area contributed by atoms with Gasteiger partial charge in [0, 0.05) is 22.7 Å². The minimum Gasteiger partial charge on any atom is -0.267 e. The van der Waals surface area contributed by atoms with E-state index in [0.29, 0.717) is 15.6 Å². The Morgan fingerprint density at radius 3 is 2.16 bits per heavy atom. The van der Waals surface area contributed by atoms with Crippen LogP contribution in [0.15, 0.2) is 41.5 Å². The lowest BCUT2D eigenvalue weighted by Crippen LogP contribution is -2.18. The van der Waals surface area contributed by atoms with Gasteiger partial charge in [0.2, 0.25) is 0 Å². The van der Waals surface area contributed by atoms with Crippen LogP contribution >= 0.6 is 23.2 Å². The smallest absolute Gasteiger partial charge is 0.267 e. The Kier molecular flexibility index (Phi) is 5.63. The molecule has 0 atom stereocenters. The number of hydrogen-bond acceptors (Lipinski definition) is 6. The van der Waals surface area contributed by atoms with E-state index in [-0.39, 0.29) is 5.56 Å². The monoisotopic (exact) mass is 382 g/mol. The fourth-order valence-corrected chi connectivity index (χ4v) is 2.23. The number of rotatable bonds is 5. The highest BCUT2D eigenvalue weighted by atomic mass is 35.5. The van der Waals surface area contributed by atoms with Crippen molar-refractivity contribution in [3.63, 3.8) is 0 Å². The predicted octanol–water partition coefficient (Wildman–Crippen LogP) is 3.57. The molecule has 2 rings (SSSR count). The summed E-state index contributed by atoms with van der Waals surface area (Å²) in [6.45, 7) is 0. The predicted molar refractivity (Wildman–Crippen MR) is 91.3 cm³/mol. The summed E-state index contributed by atoms with van der Waals surface area (Å²) in [6.07, 6.45) is 1.24. The van der Waals surface area contributed by atoms with Crippen molar-refractivity contribution in [2.45, 2.75) is 0 Å². The topological polar surface area (TPSA) is 128 Å². The van der Waals surface area contributed by atoms with Gasteiger partial charge in [-0.3, -0.25) is 25.0 Å². The number of halogens is 2. The molecule has 0 aliphatic carbocycles. The van der Waals surface area contributed by atoms with E-state index >= 15 is 0 Å². The van der Waals surface area contributed by atoms with Crippen LogP contribution in [-0.2, 0) is 0 Å². The van der Waals surface area contributed by atoms with E-state index in [1.54, 1.807) is 12.1 Å². The van der Waals surface area contributed by atoms with Gasteiger partial charge in [0.25, 0.3) is 17.3 Å². The molecule has 25 heavy (non-hydrogen) atoms. The summed E-state index contributed by atoms with van der Waals surface area (Å²) in [5, 5.41) is 26.0. The lowest BCUT2D eigenvalue weighted by molar-refractivity contribution is -0.394. The number of hydrazone groups is 1. The number of benzene rings is 2. The molecule has 9 nitrogen and oxygen atoms in total. The molecule has 128 valence electrons. The van der Waals surface area contributed by atoms with Crippen LogP contribution in [0.5, 0.6) is 0 Å². The molecular weight excluding hydrogens is 375 g/mol. The molecule has 0 saturated carbocycles. The number of non-ortho nitro benzene ring substituents is 2. The number of hydrogen-bond donors (Lipinski definition) is 1. The van der Waals surface area contributed by atoms with Crippen LogP contribution in [0.3, 0.4) is 0 Å². The number of nitrogens with zero attached hydrogens (tertiary/aromatic N) is 3. The number of carbonyl (C=O) groups excluding carboxylic acids is 1. The second-order valence-electron chi connectivity index (χ2n) is 4.62. The van der Waals surface area contributed by atoms with Gasteiger partial charge in [-0.2, -0.15) is 5.10 Å². The number of carbonyl (C=O) groups is 1. The van der Waals surface area contributed by atoms with Crippen molar-refractivity contribution < 1.29 is 14.6 Å². The Labute approximate surface area is 150 Å². The molecule has 0 saturated heterocycles. The molecule has 0 aliphatic rings. The summed E-state index contributed by atoms with van der Waals surface area (Å²) in [6, 6.07) is 7.20. The van der Waals surface area contributed by atoms with E-state index in [2.05, 4.69) is 10.5 Å². The fourth-order valence-electron chi connectivity index (χ4n) is 1.77. The maximum absolute atomic E-state index is 12.0. The van der Waals surface area contributed by atoms with Crippen molar-refractivity contribution in [1.82, 2.24) is 5.43 Å². The minimum atomic E-state index is -0.854. The lowest BCUT2D eigenvalue weighted by Gasteiger charge is -2.01. The van der Waals surface area contributed by atoms with Crippen molar-refractivity contribution in [1.29, 1.82) is 0 Å². The van der Waals surface area contributed by atoms with Gasteiger partial charge in [0.05, 0.1) is 32.7 Å². The Morgan fingerprint density at radius 1 is 1.04 bits per heavy atom. The molecule has 1 N–H and O–H groups in total. The molecule has 0 spiro atoms. The van der Waals surface area contributed by atoms with Crippen LogP contribution in [0.4, 0.5) is 11.4 Å². The number of nitro groups is 2. The third-order valence-electron chi connectivity index (χ3n) is 2.92. The van der Waals surface area contributed by atoms with Crippen molar-refractivity contribution in [2.24, 2.45) is 5.10 Å². The third kappa shape index (κ3) is 4.72. The van der Waals surface area contributed by atoms with E-state index < -0.39 is 27.1 Å². The average Bonchev–Trinajstić information content (AvgIpc) is 2.56. The molecule has 0 fully saturated rings. The molecule has 0 bridgehead atoms. The van der Waals surface area contributed by atoms with Crippen molar-refractivity contribution in [2.75, 3.05) is 0 Å². The van der Waals surface area contributed by atoms with Crippen LogP contribution in [-0.4, -0.2) is 22.0 Å². The van der Waals surface area contributed by atoms with Gasteiger partial charge in [0.1, 0.15) is 0 Å². The second kappa shape index (κ2) is 7.69. The first-order valence-electron chi connectivity index (χ1n) is 6.50. The van der Waals surface area contributed by atoms with E-state index in [4.69, 9.17) is 23.2 Å². The number of amides is 1. The SMILES string of the molecule is O=C(N/N=C\c1ccc(Cl)cc1Cl)c1cc([N+](=O)[O-])cc([N+](=O)[O-])c1. The zero-order valence-electron chi connectivity index (χ0n) is 12.2. The fraction of sp³-hybridized carbons (Fsp3) is 0. The molecular formula is C14H8Cl2N4O5. The first-order chi connectivity index (χ1) is 11.8. The van der Waals surface area contributed by atoms with Gasteiger partial charge >= 0.3 is 0 Å². The number of nitro benzene ring substituents is 2. The van der Waals surface area contributed by atoms with E-state index in [0.717, 1.165) is 18.2 Å². The Bertz CT molecular complexity index is 869. The summed E-state index contributed by atoms with van der Waals surface area (Å²) in [5.41, 5.74) is 1.15. The highest BCUT2D eigenvalue weighted by Gasteiger charge is 2.19. The zero-order valence-corrected chi connectivity index (χ0v) is 13.7. The Balaban J connectivity index is 2.21. The average molecular weight is 383 g/mol. The quantitative estimate of drug-likeness (QED) is 0.480. The molecule has 0 radical (unpaired) electrons. The normalized spacial score (nSPS) is 10.6. The van der Waals surface area contributed by atoms with Gasteiger partial charge < -0.3 is 0 Å². The summed E-state index contributed by atoms with van der Waals surface area (Å²) >= 11 is 11.7. The molecule has 2 aromatic carbocycles. The lowest BCUT2D eigenvalue weighted by atomic mass is 10.1. The minimum absolute atomic E-state index is 0.278. The molecule has 0 aromatic heterocycles. The summed E-state index contributed by atoms with van der Waals surface area (Å²) < 4.78 is 0. The highest BCUT2D eigenvalue weighted by molar-refractivity contribution is 6.36. The van der Waals surface area contributed by atoms with Crippen LogP contribution < -0.4 is 5.43 Å². The highest BCUT2D eigenvalue weighted by Crippen LogP contribution is 2.23. The molecule has 11 heteroatoms. The maximum atomic E-state index is 12.0. The maximum Gasteiger partial charge on any atom is 0.277 e. The Morgan fingerprint density at radius 2 is 1.64 bits per heavy atom. The van der Waals surface area contributed by atoms with E-state index in [1.807, 2.05) is 0 Å². The van der Waals surface area contributed by atoms with Gasteiger partial charge in [-0.05, 0) is 12.1 Å². The summed E-state index contributed by atoms with van der Waals surface area (Å²) in [7, 11) is 0. The van der Waals surface area contributed by atoms with Crippen molar-refractivity contribution in [3.05, 3.63) is 77.8 Å². The molecule has 2 aromatic rings. The molecule has 0 unspecified atom stereocenters. The van der Waals surface area contributed by atoms with E-state index in [1.165, 1.54) is 12.3 Å². The largest absolute Gasteiger partial charge is 0.277 e. The molecule has 0 aliphatic heterocycles. The van der Waals surface area contributed by atoms with Crippen LogP contribution in [0.2, 0.25) is 10.0 Å². The zero-order chi connectivity index (χ0) is 18.6. The number of nitrogens with one attached hydrogen (secondary N) is 1. The standard InChI is InChI=1S/C14H8Cl2N4O5/c15-10-2-1-8(13(16)5-10)7-17-18-14(21)9-3-11(19(22)23)6-12(4-9)20(24)25/h1-7H,(H,18,21)/b17-7-. The van der Waals surface area contributed by atoms with Crippen LogP contribution in [0.25, 0.3) is 0 Å². The van der Waals surface area contributed by atoms with Crippen LogP contribution in [0.1, 0.15) is 15.9 Å².